The number of rotatable bonds is 7. The first kappa shape index (κ1) is 26.3. The lowest BCUT2D eigenvalue weighted by Crippen LogP contribution is -2.38. The number of amides is 1. The fraction of sp³-hybridized carbons (Fsp3) is 0.303. The number of methoxy groups -OCH3 is 1. The maximum atomic E-state index is 14.1. The number of carbonyl (C=O) groups is 2. The summed E-state index contributed by atoms with van der Waals surface area (Å²) >= 11 is 6.88. The highest BCUT2D eigenvalue weighted by atomic mass is 35.5. The van der Waals surface area contributed by atoms with Crippen molar-refractivity contribution in [1.29, 1.82) is 0 Å². The third kappa shape index (κ3) is 5.16. The number of aryl methyl sites for hydroxylation is 1. The Bertz CT molecular complexity index is 1620. The van der Waals surface area contributed by atoms with Crippen LogP contribution >= 0.6 is 11.6 Å². The molecule has 0 radical (unpaired) electrons. The molecule has 2 aliphatic rings. The van der Waals surface area contributed by atoms with Gasteiger partial charge in [-0.25, -0.2) is 4.79 Å². The molecule has 0 aliphatic heterocycles. The van der Waals surface area contributed by atoms with Crippen LogP contribution in [0.25, 0.3) is 28.1 Å². The highest BCUT2D eigenvalue weighted by Crippen LogP contribution is 2.49. The molecule has 2 saturated carbocycles. The van der Waals surface area contributed by atoms with Crippen LogP contribution in [0, 0.1) is 17.8 Å². The van der Waals surface area contributed by atoms with Crippen LogP contribution in [0.4, 0.5) is 5.69 Å². The molecular weight excluding hydrogens is 522 g/mol. The van der Waals surface area contributed by atoms with E-state index in [2.05, 4.69) is 29.4 Å². The predicted molar refractivity (Wildman–Crippen MR) is 159 cm³/mol. The van der Waals surface area contributed by atoms with Crippen molar-refractivity contribution in [3.05, 3.63) is 89.1 Å². The van der Waals surface area contributed by atoms with Gasteiger partial charge in [0.1, 0.15) is 0 Å². The van der Waals surface area contributed by atoms with Crippen molar-refractivity contribution in [3.8, 4) is 11.1 Å². The molecule has 3 atom stereocenters. The molecule has 6 nitrogen and oxygen atoms in total. The summed E-state index contributed by atoms with van der Waals surface area (Å²) in [6.45, 7) is 0.373. The smallest absolute Gasteiger partial charge is 0.330 e. The second-order valence-electron chi connectivity index (χ2n) is 11.0. The third-order valence-electron chi connectivity index (χ3n) is 8.58. The molecule has 6 rings (SSSR count). The number of esters is 1. The van der Waals surface area contributed by atoms with E-state index in [1.165, 1.54) is 19.6 Å². The first-order valence-electron chi connectivity index (χ1n) is 13.8. The van der Waals surface area contributed by atoms with Crippen LogP contribution in [-0.2, 0) is 27.9 Å². The fourth-order valence-electron chi connectivity index (χ4n) is 6.44. The molecule has 1 unspecified atom stereocenters. The van der Waals surface area contributed by atoms with Gasteiger partial charge >= 0.3 is 5.97 Å². The van der Waals surface area contributed by atoms with Crippen molar-refractivity contribution in [2.75, 3.05) is 12.0 Å². The highest BCUT2D eigenvalue weighted by Gasteiger charge is 2.44. The van der Waals surface area contributed by atoms with Crippen LogP contribution in [0.5, 0.6) is 0 Å². The van der Waals surface area contributed by atoms with Crippen molar-refractivity contribution in [1.82, 2.24) is 9.78 Å². The number of hydrogen-bond acceptors (Lipinski definition) is 4. The minimum absolute atomic E-state index is 0.0391. The van der Waals surface area contributed by atoms with Gasteiger partial charge in [0, 0.05) is 35.1 Å². The van der Waals surface area contributed by atoms with Crippen LogP contribution in [0.15, 0.2) is 72.9 Å². The second kappa shape index (κ2) is 10.9. The first-order chi connectivity index (χ1) is 19.4. The average Bonchev–Trinajstić information content (AvgIpc) is 3.71. The van der Waals surface area contributed by atoms with Crippen LogP contribution in [0.3, 0.4) is 0 Å². The lowest BCUT2D eigenvalue weighted by Gasteiger charge is -2.30. The summed E-state index contributed by atoms with van der Waals surface area (Å²) in [6.07, 6.45) is 9.45. The second-order valence-corrected chi connectivity index (χ2v) is 11.4. The summed E-state index contributed by atoms with van der Waals surface area (Å²) in [6, 6.07) is 20.0. The Morgan fingerprint density at radius 1 is 1.07 bits per heavy atom. The number of halogens is 1. The molecule has 2 fully saturated rings. The van der Waals surface area contributed by atoms with Crippen LogP contribution in [0.2, 0.25) is 5.02 Å². The minimum atomic E-state index is -0.421. The SMILES string of the molecule is COC(=O)/C=C/c1cccc(N(Cc2ccc(-c3ccc4c(cnn4C)c3)cc2Cl)C(=O)C2C[C@@H]3CC[C@H]2C3)c1. The maximum Gasteiger partial charge on any atom is 0.330 e. The number of fused-ring (bicyclic) bond motifs is 3. The van der Waals surface area contributed by atoms with E-state index in [1.807, 2.05) is 59.2 Å². The van der Waals surface area contributed by atoms with Crippen molar-refractivity contribution in [2.24, 2.45) is 24.8 Å². The standard InChI is InChI=1S/C33H32ClN3O3/c1-36-31-12-11-23(17-27(31)19-35-36)24-9-10-26(30(34)18-24)20-37(33(39)29-16-22-6-8-25(29)14-22)28-5-3-4-21(15-28)7-13-32(38)40-2/h3-5,7,9-13,15,17-19,22,25,29H,6,8,14,16,20H2,1-2H3/b13-7+/t22-,25+,29?/m1/s1. The van der Waals surface area contributed by atoms with E-state index in [0.29, 0.717) is 23.4 Å². The molecular formula is C33H32ClN3O3. The van der Waals surface area contributed by atoms with Crippen molar-refractivity contribution < 1.29 is 14.3 Å². The molecule has 0 spiro atoms. The van der Waals surface area contributed by atoms with E-state index in [1.54, 1.807) is 6.08 Å². The zero-order chi connectivity index (χ0) is 27.8. The van der Waals surface area contributed by atoms with E-state index in [-0.39, 0.29) is 11.8 Å². The maximum absolute atomic E-state index is 14.1. The Morgan fingerprint density at radius 2 is 1.90 bits per heavy atom. The first-order valence-corrected chi connectivity index (χ1v) is 14.2. The fourth-order valence-corrected chi connectivity index (χ4v) is 6.68. The minimum Gasteiger partial charge on any atom is -0.466 e. The number of hydrogen-bond donors (Lipinski definition) is 0. The molecule has 40 heavy (non-hydrogen) atoms. The molecule has 204 valence electrons. The Labute approximate surface area is 239 Å². The van der Waals surface area contributed by atoms with Gasteiger partial charge in [0.2, 0.25) is 5.91 Å². The van der Waals surface area contributed by atoms with Crippen molar-refractivity contribution >= 4 is 46.1 Å². The molecule has 7 heteroatoms. The van der Waals surface area contributed by atoms with Crippen molar-refractivity contribution in [3.63, 3.8) is 0 Å². The van der Waals surface area contributed by atoms with E-state index >= 15 is 0 Å². The molecule has 1 aromatic heterocycles. The van der Waals surface area contributed by atoms with Gasteiger partial charge in [-0.3, -0.25) is 9.48 Å². The van der Waals surface area contributed by atoms with Gasteiger partial charge in [-0.2, -0.15) is 5.10 Å². The van der Waals surface area contributed by atoms with E-state index in [4.69, 9.17) is 16.3 Å². The Balaban J connectivity index is 1.31. The zero-order valence-corrected chi connectivity index (χ0v) is 23.5. The van der Waals surface area contributed by atoms with Crippen LogP contribution in [0.1, 0.15) is 36.8 Å². The lowest BCUT2D eigenvalue weighted by atomic mass is 9.87. The van der Waals surface area contributed by atoms with E-state index < -0.39 is 5.97 Å². The summed E-state index contributed by atoms with van der Waals surface area (Å²) in [4.78, 5) is 27.6. The zero-order valence-electron chi connectivity index (χ0n) is 22.7. The Kier molecular flexibility index (Phi) is 7.20. The number of aromatic nitrogens is 2. The Hall–Kier alpha value is -3.90. The topological polar surface area (TPSA) is 64.4 Å². The summed E-state index contributed by atoms with van der Waals surface area (Å²) in [5.74, 6) is 0.897. The molecule has 4 aromatic rings. The summed E-state index contributed by atoms with van der Waals surface area (Å²) in [5, 5.41) is 6.04. The predicted octanol–water partition coefficient (Wildman–Crippen LogP) is 7.05. The number of carbonyl (C=O) groups excluding carboxylic acids is 2. The number of anilines is 1. The van der Waals surface area contributed by atoms with Crippen LogP contribution < -0.4 is 4.90 Å². The monoisotopic (exact) mass is 553 g/mol. The third-order valence-corrected chi connectivity index (χ3v) is 8.93. The quantitative estimate of drug-likeness (QED) is 0.182. The van der Waals surface area contributed by atoms with Crippen molar-refractivity contribution in [2.45, 2.75) is 32.2 Å². The van der Waals surface area contributed by atoms with E-state index in [0.717, 1.165) is 58.1 Å². The van der Waals surface area contributed by atoms with E-state index in [9.17, 15) is 9.59 Å². The number of benzene rings is 3. The molecule has 3 aromatic carbocycles. The molecule has 0 N–H and O–H groups in total. The van der Waals surface area contributed by atoms with Crippen LogP contribution in [-0.4, -0.2) is 28.8 Å². The van der Waals surface area contributed by atoms with Gasteiger partial charge < -0.3 is 9.64 Å². The molecule has 1 amide bonds. The summed E-state index contributed by atoms with van der Waals surface area (Å²) in [5.41, 5.74) is 5.65. The largest absolute Gasteiger partial charge is 0.466 e. The number of ether oxygens (including phenoxy) is 1. The highest BCUT2D eigenvalue weighted by molar-refractivity contribution is 6.31. The lowest BCUT2D eigenvalue weighted by molar-refractivity contribution is -0.134. The molecule has 1 heterocycles. The Morgan fingerprint density at radius 3 is 2.65 bits per heavy atom. The number of nitrogens with zero attached hydrogens (tertiary/aromatic N) is 3. The van der Waals surface area contributed by atoms with Gasteiger partial charge in [-0.1, -0.05) is 48.4 Å². The average molecular weight is 554 g/mol. The van der Waals surface area contributed by atoms with Gasteiger partial charge in [0.05, 0.1) is 25.4 Å². The summed E-state index contributed by atoms with van der Waals surface area (Å²) < 4.78 is 6.59. The van der Waals surface area contributed by atoms with Gasteiger partial charge in [-0.05, 0) is 89.8 Å². The van der Waals surface area contributed by atoms with Gasteiger partial charge in [-0.15, -0.1) is 0 Å². The molecule has 2 aliphatic carbocycles. The van der Waals surface area contributed by atoms with Gasteiger partial charge in [0.25, 0.3) is 0 Å². The summed E-state index contributed by atoms with van der Waals surface area (Å²) in [7, 11) is 3.29. The van der Waals surface area contributed by atoms with Gasteiger partial charge in [0.15, 0.2) is 0 Å². The molecule has 0 saturated heterocycles. The molecule has 2 bridgehead atoms. The normalized spacial score (nSPS) is 19.9.